The van der Waals surface area contributed by atoms with Crippen LogP contribution >= 0.6 is 0 Å². The molecule has 116 valence electrons. The summed E-state index contributed by atoms with van der Waals surface area (Å²) in [4.78, 5) is 11.5. The Balaban J connectivity index is 2.11. The Kier molecular flexibility index (Phi) is 3.93. The molecule has 0 aliphatic rings. The maximum absolute atomic E-state index is 11.5. The van der Waals surface area contributed by atoms with E-state index in [0.29, 0.717) is 12.2 Å². The summed E-state index contributed by atoms with van der Waals surface area (Å²) >= 11 is 0. The Morgan fingerprint density at radius 1 is 1.09 bits per heavy atom. The van der Waals surface area contributed by atoms with Crippen LogP contribution in [0.4, 0.5) is 0 Å². The van der Waals surface area contributed by atoms with Crippen LogP contribution in [-0.2, 0) is 6.54 Å². The average Bonchev–Trinajstić information content (AvgIpc) is 2.95. The Hall–Kier alpha value is -2.95. The number of carboxylic acids is 1. The number of carboxylic acid groups (broad SMARTS) is 1. The van der Waals surface area contributed by atoms with Crippen LogP contribution in [0.2, 0.25) is 0 Å². The first kappa shape index (κ1) is 15.0. The first-order chi connectivity index (χ1) is 11.1. The van der Waals surface area contributed by atoms with Crippen molar-refractivity contribution >= 4 is 5.97 Å². The average molecular weight is 307 g/mol. The molecule has 0 atom stereocenters. The molecule has 0 fully saturated rings. The van der Waals surface area contributed by atoms with Crippen molar-refractivity contribution in [2.75, 3.05) is 0 Å². The summed E-state index contributed by atoms with van der Waals surface area (Å²) < 4.78 is 1.64. The van der Waals surface area contributed by atoms with Crippen molar-refractivity contribution in [2.45, 2.75) is 20.4 Å². The van der Waals surface area contributed by atoms with Crippen molar-refractivity contribution in [3.05, 3.63) is 70.9 Å². The largest absolute Gasteiger partial charge is 0.476 e. The maximum atomic E-state index is 11.5. The summed E-state index contributed by atoms with van der Waals surface area (Å²) in [5, 5.41) is 17.3. The topological polar surface area (TPSA) is 68.0 Å². The molecule has 1 N–H and O–H groups in total. The van der Waals surface area contributed by atoms with Crippen molar-refractivity contribution in [3.63, 3.8) is 0 Å². The van der Waals surface area contributed by atoms with Gasteiger partial charge in [-0.1, -0.05) is 47.7 Å². The number of benzene rings is 2. The Morgan fingerprint density at radius 3 is 2.48 bits per heavy atom. The zero-order valence-corrected chi connectivity index (χ0v) is 13.0. The van der Waals surface area contributed by atoms with Gasteiger partial charge in [0.1, 0.15) is 5.69 Å². The molecular weight excluding hydrogens is 290 g/mol. The quantitative estimate of drug-likeness (QED) is 0.803. The number of nitrogens with zero attached hydrogens (tertiary/aromatic N) is 3. The van der Waals surface area contributed by atoms with E-state index in [2.05, 4.69) is 10.3 Å². The van der Waals surface area contributed by atoms with Gasteiger partial charge in [-0.05, 0) is 36.6 Å². The number of hydrogen-bond acceptors (Lipinski definition) is 3. The summed E-state index contributed by atoms with van der Waals surface area (Å²) in [6.07, 6.45) is 0. The summed E-state index contributed by atoms with van der Waals surface area (Å²) in [7, 11) is 0. The van der Waals surface area contributed by atoms with Crippen molar-refractivity contribution in [1.29, 1.82) is 0 Å². The van der Waals surface area contributed by atoms with Crippen molar-refractivity contribution < 1.29 is 9.90 Å². The molecule has 23 heavy (non-hydrogen) atoms. The third-order valence-corrected chi connectivity index (χ3v) is 3.89. The molecule has 3 aromatic rings. The molecule has 0 amide bonds. The summed E-state index contributed by atoms with van der Waals surface area (Å²) in [5.74, 6) is -1.07. The summed E-state index contributed by atoms with van der Waals surface area (Å²) in [5.41, 5.74) is 4.62. The van der Waals surface area contributed by atoms with Crippen molar-refractivity contribution in [1.82, 2.24) is 15.0 Å². The van der Waals surface area contributed by atoms with Crippen LogP contribution in [0.25, 0.3) is 11.3 Å². The lowest BCUT2D eigenvalue weighted by atomic mass is 10.0. The van der Waals surface area contributed by atoms with Gasteiger partial charge in [0, 0.05) is 5.56 Å². The van der Waals surface area contributed by atoms with Gasteiger partial charge in [-0.15, -0.1) is 5.10 Å². The third kappa shape index (κ3) is 2.99. The van der Waals surface area contributed by atoms with E-state index in [1.807, 2.05) is 62.4 Å². The van der Waals surface area contributed by atoms with Crippen LogP contribution in [0.5, 0.6) is 0 Å². The minimum Gasteiger partial charge on any atom is -0.476 e. The molecule has 0 spiro atoms. The van der Waals surface area contributed by atoms with E-state index in [9.17, 15) is 9.90 Å². The van der Waals surface area contributed by atoms with Crippen molar-refractivity contribution in [3.8, 4) is 11.3 Å². The smallest absolute Gasteiger partial charge is 0.358 e. The molecule has 0 aliphatic carbocycles. The number of aromatic carboxylic acids is 1. The van der Waals surface area contributed by atoms with E-state index in [-0.39, 0.29) is 5.69 Å². The van der Waals surface area contributed by atoms with E-state index >= 15 is 0 Å². The van der Waals surface area contributed by atoms with Crippen LogP contribution in [-0.4, -0.2) is 26.1 Å². The number of carbonyl (C=O) groups is 1. The number of aryl methyl sites for hydroxylation is 2. The molecule has 0 saturated heterocycles. The van der Waals surface area contributed by atoms with Gasteiger partial charge in [-0.3, -0.25) is 0 Å². The van der Waals surface area contributed by atoms with Crippen LogP contribution in [0.1, 0.15) is 27.2 Å². The maximum Gasteiger partial charge on any atom is 0.358 e. The zero-order chi connectivity index (χ0) is 16.4. The lowest BCUT2D eigenvalue weighted by molar-refractivity contribution is 0.0691. The van der Waals surface area contributed by atoms with Gasteiger partial charge < -0.3 is 5.11 Å². The van der Waals surface area contributed by atoms with Gasteiger partial charge in [0.05, 0.1) is 6.54 Å². The lowest BCUT2D eigenvalue weighted by Gasteiger charge is -2.09. The van der Waals surface area contributed by atoms with Gasteiger partial charge in [-0.25, -0.2) is 9.48 Å². The van der Waals surface area contributed by atoms with Gasteiger partial charge >= 0.3 is 5.97 Å². The van der Waals surface area contributed by atoms with Crippen molar-refractivity contribution in [2.24, 2.45) is 0 Å². The first-order valence-corrected chi connectivity index (χ1v) is 7.34. The second-order valence-electron chi connectivity index (χ2n) is 5.53. The van der Waals surface area contributed by atoms with E-state index in [1.54, 1.807) is 4.68 Å². The number of aromatic nitrogens is 3. The van der Waals surface area contributed by atoms with E-state index in [4.69, 9.17) is 0 Å². The lowest BCUT2D eigenvalue weighted by Crippen LogP contribution is -2.06. The molecule has 2 aromatic carbocycles. The van der Waals surface area contributed by atoms with Crippen LogP contribution < -0.4 is 0 Å². The third-order valence-electron chi connectivity index (χ3n) is 3.89. The molecule has 0 bridgehead atoms. The zero-order valence-electron chi connectivity index (χ0n) is 13.0. The molecule has 0 aliphatic heterocycles. The van der Waals surface area contributed by atoms with Crippen LogP contribution in [0.3, 0.4) is 0 Å². The Morgan fingerprint density at radius 2 is 1.83 bits per heavy atom. The molecule has 1 heterocycles. The minimum atomic E-state index is -1.07. The molecule has 0 saturated carbocycles. The Bertz CT molecular complexity index is 854. The predicted octanol–water partition coefficient (Wildman–Crippen LogP) is 3.31. The highest BCUT2D eigenvalue weighted by Crippen LogP contribution is 2.25. The minimum absolute atomic E-state index is 0.0239. The second kappa shape index (κ2) is 6.04. The first-order valence-electron chi connectivity index (χ1n) is 7.34. The number of hydrogen-bond donors (Lipinski definition) is 1. The fourth-order valence-corrected chi connectivity index (χ4v) is 2.50. The standard InChI is InChI=1S/C18H17N3O2/c1-12-8-9-15(10-13(12)2)17-16(18(22)23)19-20-21(17)11-14-6-4-3-5-7-14/h3-10H,11H2,1-2H3,(H,22,23). The fraction of sp³-hybridized carbons (Fsp3) is 0.167. The highest BCUT2D eigenvalue weighted by Gasteiger charge is 2.21. The molecular formula is C18H17N3O2. The SMILES string of the molecule is Cc1ccc(-c2c(C(=O)O)nnn2Cc2ccccc2)cc1C. The second-order valence-corrected chi connectivity index (χ2v) is 5.53. The van der Waals surface area contributed by atoms with Gasteiger partial charge in [0.25, 0.3) is 0 Å². The monoisotopic (exact) mass is 307 g/mol. The summed E-state index contributed by atoms with van der Waals surface area (Å²) in [6.45, 7) is 4.50. The van der Waals surface area contributed by atoms with E-state index < -0.39 is 5.97 Å². The molecule has 3 rings (SSSR count). The van der Waals surface area contributed by atoms with Crippen LogP contribution in [0, 0.1) is 13.8 Å². The van der Waals surface area contributed by atoms with Gasteiger partial charge in [-0.2, -0.15) is 0 Å². The molecule has 5 heteroatoms. The predicted molar refractivity (Wildman–Crippen MR) is 87.4 cm³/mol. The number of rotatable bonds is 4. The summed E-state index contributed by atoms with van der Waals surface area (Å²) in [6, 6.07) is 15.7. The van der Waals surface area contributed by atoms with Crippen LogP contribution in [0.15, 0.2) is 48.5 Å². The Labute approximate surface area is 134 Å². The molecule has 0 radical (unpaired) electrons. The highest BCUT2D eigenvalue weighted by molar-refractivity contribution is 5.92. The fourth-order valence-electron chi connectivity index (χ4n) is 2.50. The molecule has 5 nitrogen and oxygen atoms in total. The highest BCUT2D eigenvalue weighted by atomic mass is 16.4. The van der Waals surface area contributed by atoms with Gasteiger partial charge in [0.2, 0.25) is 0 Å². The normalized spacial score (nSPS) is 10.7. The van der Waals surface area contributed by atoms with E-state index in [1.165, 1.54) is 0 Å². The van der Waals surface area contributed by atoms with Gasteiger partial charge in [0.15, 0.2) is 5.69 Å². The molecule has 0 unspecified atom stereocenters. The molecule has 1 aromatic heterocycles. The van der Waals surface area contributed by atoms with E-state index in [0.717, 1.165) is 22.3 Å².